The summed E-state index contributed by atoms with van der Waals surface area (Å²) in [4.78, 5) is 27.9. The summed E-state index contributed by atoms with van der Waals surface area (Å²) < 4.78 is 46.2. The van der Waals surface area contributed by atoms with Crippen molar-refractivity contribution in [3.63, 3.8) is 0 Å². The van der Waals surface area contributed by atoms with Gasteiger partial charge in [0.25, 0.3) is 5.56 Å². The topological polar surface area (TPSA) is 102 Å². The number of rotatable bonds is 8. The summed E-state index contributed by atoms with van der Waals surface area (Å²) in [5.74, 6) is -0.389. The summed E-state index contributed by atoms with van der Waals surface area (Å²) >= 11 is 1.08. The van der Waals surface area contributed by atoms with Crippen LogP contribution in [-0.4, -0.2) is 56.7 Å². The number of nitrogens with one attached hydrogen (secondary N) is 1. The molecule has 8 nitrogen and oxygen atoms in total. The fourth-order valence-corrected chi connectivity index (χ4v) is 6.88. The summed E-state index contributed by atoms with van der Waals surface area (Å²) in [7, 11) is 4.38. The number of nitrogens with zero attached hydrogens (tertiary/aromatic N) is 5. The van der Waals surface area contributed by atoms with Crippen LogP contribution in [0.4, 0.5) is 24.8 Å². The molecule has 230 valence electrons. The molecule has 0 atom stereocenters. The highest BCUT2D eigenvalue weighted by atomic mass is 32.2. The highest BCUT2D eigenvalue weighted by Gasteiger charge is 2.42. The molecule has 0 radical (unpaired) electrons. The van der Waals surface area contributed by atoms with Crippen molar-refractivity contribution in [3.05, 3.63) is 40.6 Å². The van der Waals surface area contributed by atoms with Crippen molar-refractivity contribution in [1.82, 2.24) is 24.4 Å². The number of nitrogens with two attached hydrogens (primary N) is 1. The normalized spacial score (nSPS) is 17.2. The monoisotopic (exact) mass is 605 g/mol. The van der Waals surface area contributed by atoms with E-state index < -0.39 is 23.2 Å². The molecule has 42 heavy (non-hydrogen) atoms. The third kappa shape index (κ3) is 7.37. The Bertz CT molecular complexity index is 1400. The van der Waals surface area contributed by atoms with Gasteiger partial charge in [0.05, 0.1) is 11.9 Å². The van der Waals surface area contributed by atoms with Crippen molar-refractivity contribution in [3.8, 4) is 11.3 Å². The number of alkyl halides is 2. The summed E-state index contributed by atoms with van der Waals surface area (Å²) in [6, 6.07) is 4.91. The standard InChI is InChI=1S/C22H25F3N6OS.C8H17N/c1-12(2)31-18-16(10-27-21(26)29-18)28-17(19(31)32)13-5-6-15(14(23)9-13)30-33-11-22(20(24)25)7-3-4-8-22;1-9(2)8-6-4-3-5-7-8/h5-6,9-10,12,20,30H,3-4,7-8,11H2,1-2H3,(H2,26,27,29);8H,3-7H2,1-2H3. The lowest BCUT2D eigenvalue weighted by atomic mass is 9.89. The van der Waals surface area contributed by atoms with E-state index in [2.05, 4.69) is 38.7 Å². The van der Waals surface area contributed by atoms with E-state index in [1.54, 1.807) is 6.07 Å². The zero-order valence-electron chi connectivity index (χ0n) is 24.9. The Morgan fingerprint density at radius 1 is 1.12 bits per heavy atom. The highest BCUT2D eigenvalue weighted by molar-refractivity contribution is 8.00. The minimum absolute atomic E-state index is 0.0241. The minimum atomic E-state index is -2.40. The lowest BCUT2D eigenvalue weighted by molar-refractivity contribution is 0.0154. The number of aromatic nitrogens is 4. The maximum Gasteiger partial charge on any atom is 0.278 e. The molecule has 12 heteroatoms. The van der Waals surface area contributed by atoms with E-state index in [-0.39, 0.29) is 29.1 Å². The van der Waals surface area contributed by atoms with Crippen LogP contribution in [0, 0.1) is 11.2 Å². The van der Waals surface area contributed by atoms with Crippen LogP contribution in [0.3, 0.4) is 0 Å². The maximum absolute atomic E-state index is 14.8. The van der Waals surface area contributed by atoms with Gasteiger partial charge in [-0.2, -0.15) is 4.98 Å². The molecule has 2 heterocycles. The minimum Gasteiger partial charge on any atom is -0.368 e. The van der Waals surface area contributed by atoms with Crippen LogP contribution in [0.25, 0.3) is 22.4 Å². The first-order chi connectivity index (χ1) is 20.0. The van der Waals surface area contributed by atoms with Crippen LogP contribution in [0.1, 0.15) is 77.7 Å². The molecule has 0 unspecified atom stereocenters. The van der Waals surface area contributed by atoms with Gasteiger partial charge in [-0.15, -0.1) is 0 Å². The molecular formula is C30H42F3N7OS. The van der Waals surface area contributed by atoms with Gasteiger partial charge < -0.3 is 15.4 Å². The van der Waals surface area contributed by atoms with E-state index in [0.717, 1.165) is 30.8 Å². The van der Waals surface area contributed by atoms with Crippen LogP contribution in [0.15, 0.2) is 29.2 Å². The molecule has 0 aliphatic heterocycles. The molecule has 3 N–H and O–H groups in total. The number of hydrogen-bond acceptors (Lipinski definition) is 8. The second-order valence-corrected chi connectivity index (χ2v) is 12.7. The van der Waals surface area contributed by atoms with Gasteiger partial charge >= 0.3 is 0 Å². The van der Waals surface area contributed by atoms with Crippen molar-refractivity contribution >= 4 is 34.7 Å². The molecule has 2 aliphatic carbocycles. The average molecular weight is 606 g/mol. The third-order valence-electron chi connectivity index (χ3n) is 8.32. The molecule has 2 fully saturated rings. The lowest BCUT2D eigenvalue weighted by Gasteiger charge is -2.27. The van der Waals surface area contributed by atoms with Gasteiger partial charge in [0, 0.05) is 28.8 Å². The lowest BCUT2D eigenvalue weighted by Crippen LogP contribution is -2.29. The van der Waals surface area contributed by atoms with Gasteiger partial charge in [0.2, 0.25) is 12.4 Å². The van der Waals surface area contributed by atoms with E-state index in [4.69, 9.17) is 5.73 Å². The van der Waals surface area contributed by atoms with E-state index in [1.807, 2.05) is 13.8 Å². The number of hydrogen-bond donors (Lipinski definition) is 2. The van der Waals surface area contributed by atoms with Crippen molar-refractivity contribution in [2.75, 3.05) is 30.3 Å². The van der Waals surface area contributed by atoms with Crippen LogP contribution in [0.2, 0.25) is 0 Å². The number of benzene rings is 1. The molecule has 0 bridgehead atoms. The van der Waals surface area contributed by atoms with Crippen molar-refractivity contribution in [2.24, 2.45) is 5.41 Å². The maximum atomic E-state index is 14.8. The first kappa shape index (κ1) is 32.1. The number of nitrogen functional groups attached to an aromatic ring is 1. The molecule has 2 aromatic heterocycles. The van der Waals surface area contributed by atoms with E-state index >= 15 is 0 Å². The third-order valence-corrected chi connectivity index (χ3v) is 9.40. The van der Waals surface area contributed by atoms with Gasteiger partial charge in [-0.1, -0.05) is 50.1 Å². The van der Waals surface area contributed by atoms with Crippen LogP contribution in [0.5, 0.6) is 0 Å². The second kappa shape index (κ2) is 14.1. The van der Waals surface area contributed by atoms with E-state index in [0.29, 0.717) is 29.6 Å². The van der Waals surface area contributed by atoms with Crippen LogP contribution >= 0.6 is 11.9 Å². The summed E-state index contributed by atoms with van der Waals surface area (Å²) in [5, 5.41) is 0. The smallest absolute Gasteiger partial charge is 0.278 e. The van der Waals surface area contributed by atoms with Gasteiger partial charge in [-0.25, -0.2) is 23.1 Å². The second-order valence-electron chi connectivity index (χ2n) is 11.9. The largest absolute Gasteiger partial charge is 0.368 e. The molecular weight excluding hydrogens is 563 g/mol. The van der Waals surface area contributed by atoms with Crippen LogP contribution < -0.4 is 16.0 Å². The fourth-order valence-electron chi connectivity index (χ4n) is 5.79. The number of halogens is 3. The van der Waals surface area contributed by atoms with Crippen molar-refractivity contribution < 1.29 is 13.2 Å². The van der Waals surface area contributed by atoms with Gasteiger partial charge in [-0.3, -0.25) is 9.36 Å². The van der Waals surface area contributed by atoms with Crippen LogP contribution in [-0.2, 0) is 0 Å². The first-order valence-electron chi connectivity index (χ1n) is 14.7. The Morgan fingerprint density at radius 2 is 1.81 bits per heavy atom. The average Bonchev–Trinajstić information content (AvgIpc) is 3.44. The predicted molar refractivity (Wildman–Crippen MR) is 165 cm³/mol. The zero-order chi connectivity index (χ0) is 30.4. The SMILES string of the molecule is CC(C)n1c(=O)c(-c2ccc(NSCC3(C(F)F)CCCC3)c(F)c2)nc2cnc(N)nc21.CN(C)C1CCCCC1. The Kier molecular flexibility index (Phi) is 10.7. The molecule has 2 aliphatic rings. The summed E-state index contributed by atoms with van der Waals surface area (Å²) in [6.45, 7) is 3.65. The molecule has 0 saturated heterocycles. The Labute approximate surface area is 249 Å². The van der Waals surface area contributed by atoms with E-state index in [1.165, 1.54) is 55.0 Å². The summed E-state index contributed by atoms with van der Waals surface area (Å²) in [5.41, 5.74) is 5.40. The molecule has 0 spiro atoms. The van der Waals surface area contributed by atoms with Gasteiger partial charge in [0.15, 0.2) is 5.65 Å². The molecule has 1 aromatic carbocycles. The molecule has 5 rings (SSSR count). The van der Waals surface area contributed by atoms with Gasteiger partial charge in [0.1, 0.15) is 17.0 Å². The number of fused-ring (bicyclic) bond motifs is 1. The molecule has 3 aromatic rings. The van der Waals surface area contributed by atoms with Crippen molar-refractivity contribution in [2.45, 2.75) is 90.1 Å². The predicted octanol–water partition coefficient (Wildman–Crippen LogP) is 6.92. The fraction of sp³-hybridized carbons (Fsp3) is 0.600. The summed E-state index contributed by atoms with van der Waals surface area (Å²) in [6.07, 6.45) is 8.76. The van der Waals surface area contributed by atoms with Gasteiger partial charge in [-0.05, 0) is 65.8 Å². The Morgan fingerprint density at radius 3 is 2.38 bits per heavy atom. The quantitative estimate of drug-likeness (QED) is 0.267. The number of anilines is 2. The molecule has 0 amide bonds. The van der Waals surface area contributed by atoms with E-state index in [9.17, 15) is 18.0 Å². The Hall–Kier alpha value is -2.86. The highest BCUT2D eigenvalue weighted by Crippen LogP contribution is 2.45. The zero-order valence-corrected chi connectivity index (χ0v) is 25.7. The Balaban J connectivity index is 0.000000385. The first-order valence-corrected chi connectivity index (χ1v) is 15.7. The molecule has 2 saturated carbocycles. The van der Waals surface area contributed by atoms with Crippen molar-refractivity contribution in [1.29, 1.82) is 0 Å².